The maximum atomic E-state index is 12.3. The summed E-state index contributed by atoms with van der Waals surface area (Å²) in [5.41, 5.74) is 0.279. The second kappa shape index (κ2) is 4.93. The number of carbonyl (C=O) groups excluding carboxylic acids is 2. The summed E-state index contributed by atoms with van der Waals surface area (Å²) >= 11 is 0. The van der Waals surface area contributed by atoms with Crippen LogP contribution in [0.15, 0.2) is 24.3 Å². The number of nitrogens with zero attached hydrogens (tertiary/aromatic N) is 1. The number of ketones is 1. The summed E-state index contributed by atoms with van der Waals surface area (Å²) in [5.74, 6) is 1.03. The van der Waals surface area contributed by atoms with Gasteiger partial charge in [-0.05, 0) is 12.1 Å². The highest BCUT2D eigenvalue weighted by Gasteiger charge is 2.43. The van der Waals surface area contributed by atoms with Crippen LogP contribution in [0.3, 0.4) is 0 Å². The van der Waals surface area contributed by atoms with Gasteiger partial charge < -0.3 is 9.64 Å². The lowest BCUT2D eigenvalue weighted by atomic mass is 9.82. The number of hydrogen-bond donors (Lipinski definition) is 0. The molecule has 2 aliphatic heterocycles. The Labute approximate surface area is 118 Å². The van der Waals surface area contributed by atoms with Crippen LogP contribution in [0.25, 0.3) is 0 Å². The Bertz CT molecular complexity index is 544. The highest BCUT2D eigenvalue weighted by atomic mass is 16.5. The van der Waals surface area contributed by atoms with Crippen molar-refractivity contribution in [1.82, 2.24) is 4.90 Å². The molecule has 0 N–H and O–H groups in total. The summed E-state index contributed by atoms with van der Waals surface area (Å²) in [6, 6.07) is 7.43. The Morgan fingerprint density at radius 2 is 2.00 bits per heavy atom. The van der Waals surface area contributed by atoms with Gasteiger partial charge in [0.25, 0.3) is 0 Å². The molecule has 0 unspecified atom stereocenters. The molecule has 0 aromatic heterocycles. The summed E-state index contributed by atoms with van der Waals surface area (Å²) in [6.45, 7) is 3.24. The van der Waals surface area contributed by atoms with Crippen molar-refractivity contribution in [3.63, 3.8) is 0 Å². The Kier molecular flexibility index (Phi) is 3.24. The average molecular weight is 273 g/mol. The monoisotopic (exact) mass is 273 g/mol. The zero-order valence-corrected chi connectivity index (χ0v) is 11.7. The highest BCUT2D eigenvalue weighted by molar-refractivity contribution is 6.00. The molecule has 0 radical (unpaired) electrons. The van der Waals surface area contributed by atoms with Crippen LogP contribution < -0.4 is 4.74 Å². The molecular weight excluding hydrogens is 254 g/mol. The lowest BCUT2D eigenvalue weighted by molar-refractivity contribution is -0.134. The predicted octanol–water partition coefficient (Wildman–Crippen LogP) is 2.42. The van der Waals surface area contributed by atoms with Crippen LogP contribution in [-0.2, 0) is 4.79 Å². The molecule has 1 fully saturated rings. The van der Waals surface area contributed by atoms with Gasteiger partial charge in [0.05, 0.1) is 12.0 Å². The lowest BCUT2D eigenvalue weighted by Gasteiger charge is -2.43. The summed E-state index contributed by atoms with van der Waals surface area (Å²) in [4.78, 5) is 25.9. The topological polar surface area (TPSA) is 46.6 Å². The molecular formula is C16H19NO3. The van der Waals surface area contributed by atoms with E-state index in [2.05, 4.69) is 0 Å². The third kappa shape index (κ3) is 2.19. The molecule has 0 aliphatic carbocycles. The van der Waals surface area contributed by atoms with Gasteiger partial charge in [0.15, 0.2) is 5.78 Å². The zero-order chi connectivity index (χ0) is 14.2. The van der Waals surface area contributed by atoms with Crippen molar-refractivity contribution in [1.29, 1.82) is 0 Å². The van der Waals surface area contributed by atoms with Crippen molar-refractivity contribution in [2.45, 2.75) is 38.2 Å². The normalized spacial score (nSPS) is 20.4. The van der Waals surface area contributed by atoms with Gasteiger partial charge in [-0.2, -0.15) is 0 Å². The van der Waals surface area contributed by atoms with E-state index in [0.717, 1.165) is 12.8 Å². The third-order valence-corrected chi connectivity index (χ3v) is 4.33. The van der Waals surface area contributed by atoms with Gasteiger partial charge in [-0.1, -0.05) is 19.1 Å². The number of benzene rings is 1. The van der Waals surface area contributed by atoms with E-state index in [9.17, 15) is 9.59 Å². The summed E-state index contributed by atoms with van der Waals surface area (Å²) in [6.07, 6.45) is 2.44. The Hall–Kier alpha value is -1.84. The van der Waals surface area contributed by atoms with E-state index in [1.165, 1.54) is 0 Å². The number of fused-ring (bicyclic) bond motifs is 1. The molecule has 2 aliphatic rings. The lowest BCUT2D eigenvalue weighted by Crippen LogP contribution is -2.52. The van der Waals surface area contributed by atoms with E-state index in [-0.39, 0.29) is 11.7 Å². The van der Waals surface area contributed by atoms with E-state index in [1.54, 1.807) is 0 Å². The van der Waals surface area contributed by atoms with Crippen LogP contribution in [0, 0.1) is 0 Å². The molecule has 2 heterocycles. The molecule has 0 bridgehead atoms. The number of hydrogen-bond acceptors (Lipinski definition) is 3. The standard InChI is InChI=1S/C16H19NO3/c1-2-15(19)17-9-7-16(8-10-17)11-13(18)12-5-3-4-6-14(12)20-16/h3-6H,2,7-11H2,1H3. The maximum absolute atomic E-state index is 12.3. The molecule has 106 valence electrons. The van der Waals surface area contributed by atoms with Crippen LogP contribution >= 0.6 is 0 Å². The van der Waals surface area contributed by atoms with Crippen molar-refractivity contribution < 1.29 is 14.3 Å². The number of carbonyl (C=O) groups is 2. The molecule has 4 nitrogen and oxygen atoms in total. The number of likely N-dealkylation sites (tertiary alicyclic amines) is 1. The minimum absolute atomic E-state index is 0.155. The van der Waals surface area contributed by atoms with E-state index in [0.29, 0.717) is 37.2 Å². The third-order valence-electron chi connectivity index (χ3n) is 4.33. The number of rotatable bonds is 1. The van der Waals surface area contributed by atoms with Crippen molar-refractivity contribution in [2.75, 3.05) is 13.1 Å². The Balaban J connectivity index is 1.77. The minimum atomic E-state index is -0.407. The fourth-order valence-electron chi connectivity index (χ4n) is 3.11. The van der Waals surface area contributed by atoms with E-state index < -0.39 is 5.60 Å². The number of para-hydroxylation sites is 1. The molecule has 1 saturated heterocycles. The first kappa shape index (κ1) is 13.2. The predicted molar refractivity (Wildman–Crippen MR) is 74.9 cm³/mol. The van der Waals surface area contributed by atoms with E-state index in [4.69, 9.17) is 4.74 Å². The summed E-state index contributed by atoms with van der Waals surface area (Å²) < 4.78 is 6.13. The average Bonchev–Trinajstić information content (AvgIpc) is 2.47. The SMILES string of the molecule is CCC(=O)N1CCC2(CC1)CC(=O)c1ccccc1O2. The zero-order valence-electron chi connectivity index (χ0n) is 11.7. The summed E-state index contributed by atoms with van der Waals surface area (Å²) in [5, 5.41) is 0. The second-order valence-electron chi connectivity index (χ2n) is 5.62. The summed E-state index contributed by atoms with van der Waals surface area (Å²) in [7, 11) is 0. The fourth-order valence-corrected chi connectivity index (χ4v) is 3.11. The molecule has 1 aromatic rings. The number of ether oxygens (including phenoxy) is 1. The smallest absolute Gasteiger partial charge is 0.222 e. The van der Waals surface area contributed by atoms with Gasteiger partial charge >= 0.3 is 0 Å². The largest absolute Gasteiger partial charge is 0.486 e. The first-order valence-corrected chi connectivity index (χ1v) is 7.22. The van der Waals surface area contributed by atoms with Gasteiger partial charge in [-0.15, -0.1) is 0 Å². The van der Waals surface area contributed by atoms with E-state index in [1.807, 2.05) is 36.1 Å². The van der Waals surface area contributed by atoms with Crippen molar-refractivity contribution in [3.05, 3.63) is 29.8 Å². The molecule has 0 saturated carbocycles. The molecule has 1 aromatic carbocycles. The minimum Gasteiger partial charge on any atom is -0.486 e. The first-order valence-electron chi connectivity index (χ1n) is 7.22. The van der Waals surface area contributed by atoms with Crippen LogP contribution in [-0.4, -0.2) is 35.3 Å². The van der Waals surface area contributed by atoms with Crippen LogP contribution in [0.2, 0.25) is 0 Å². The van der Waals surface area contributed by atoms with Gasteiger partial charge in [-0.3, -0.25) is 9.59 Å². The van der Waals surface area contributed by atoms with Crippen molar-refractivity contribution in [3.8, 4) is 5.75 Å². The van der Waals surface area contributed by atoms with Gasteiger partial charge in [0.1, 0.15) is 11.4 Å². The van der Waals surface area contributed by atoms with Crippen LogP contribution in [0.4, 0.5) is 0 Å². The van der Waals surface area contributed by atoms with E-state index >= 15 is 0 Å². The number of Topliss-reactive ketones (excluding diaryl/α,β-unsaturated/α-hetero) is 1. The van der Waals surface area contributed by atoms with Crippen LogP contribution in [0.1, 0.15) is 43.0 Å². The molecule has 1 spiro atoms. The highest BCUT2D eigenvalue weighted by Crippen LogP contribution is 2.39. The Morgan fingerprint density at radius 3 is 2.70 bits per heavy atom. The number of amides is 1. The quantitative estimate of drug-likeness (QED) is 0.789. The molecule has 0 atom stereocenters. The van der Waals surface area contributed by atoms with Crippen molar-refractivity contribution >= 4 is 11.7 Å². The molecule has 1 amide bonds. The number of piperidine rings is 1. The Morgan fingerprint density at radius 1 is 1.30 bits per heavy atom. The maximum Gasteiger partial charge on any atom is 0.222 e. The molecule has 20 heavy (non-hydrogen) atoms. The van der Waals surface area contributed by atoms with Gasteiger partial charge in [0.2, 0.25) is 5.91 Å². The second-order valence-corrected chi connectivity index (χ2v) is 5.62. The van der Waals surface area contributed by atoms with Crippen molar-refractivity contribution in [2.24, 2.45) is 0 Å². The fraction of sp³-hybridized carbons (Fsp3) is 0.500. The van der Waals surface area contributed by atoms with Crippen LogP contribution in [0.5, 0.6) is 5.75 Å². The molecule has 4 heteroatoms. The van der Waals surface area contributed by atoms with Gasteiger partial charge in [0, 0.05) is 32.4 Å². The first-order chi connectivity index (χ1) is 9.63. The van der Waals surface area contributed by atoms with Gasteiger partial charge in [-0.25, -0.2) is 0 Å². The molecule has 3 rings (SSSR count).